The Bertz CT molecular complexity index is 5490. The van der Waals surface area contributed by atoms with E-state index in [1.54, 1.807) is 0 Å². The number of hydrogen-bond donors (Lipinski definition) is 0. The maximum absolute atomic E-state index is 4.41. The maximum atomic E-state index is 4.41. The van der Waals surface area contributed by atoms with Gasteiger partial charge in [0.15, 0.2) is 0 Å². The molecular formula is C112H106N2. The lowest BCUT2D eigenvalue weighted by molar-refractivity contribution is 0.867. The van der Waals surface area contributed by atoms with Gasteiger partial charge in [0.05, 0.1) is 11.0 Å². The standard InChI is InChI=1S/4C19H18.2C18H17N/c2*1-14(2)15-10-12-17(13-11-15)19-9-5-7-16-6-3-4-8-18(16)19;2*1-14(2)15-7-9-17(10-8-15)19-12-11-16-5-3-4-6-18(16)13-19;1-13(2)14-8-10-15(11-9-14)16-5-3-7-18-17(16)6-4-12-19-18;1-13(2)14-5-7-15(8-6-14)17-10-9-16-4-3-11-19-18(16)12-17/h4*3-14H,1-2H3;2*3-13H,1-2H3. The van der Waals surface area contributed by atoms with Gasteiger partial charge in [-0.3, -0.25) is 9.97 Å². The number of hydrogen-bond acceptors (Lipinski definition) is 2. The van der Waals surface area contributed by atoms with E-state index >= 15 is 0 Å². The molecule has 0 radical (unpaired) electrons. The second-order valence-corrected chi connectivity index (χ2v) is 31.6. The van der Waals surface area contributed by atoms with Crippen molar-refractivity contribution in [1.29, 1.82) is 0 Å². The Kier molecular flexibility index (Phi) is 26.5. The Balaban J connectivity index is 0.000000119. The summed E-state index contributed by atoms with van der Waals surface area (Å²) in [4.78, 5) is 8.83. The SMILES string of the molecule is CC(C)c1ccc(-c2ccc3ccccc3c2)cc1.CC(C)c1ccc(-c2ccc3ccccc3c2)cc1.CC(C)c1ccc(-c2ccc3cccnc3c2)cc1.CC(C)c1ccc(-c2cccc3ccccc23)cc1.CC(C)c1ccc(-c2cccc3ccccc23)cc1.CC(C)c1ccc(-c2cccc3ncccc23)cc1. The molecule has 564 valence electrons. The highest BCUT2D eigenvalue weighted by atomic mass is 14.6. The van der Waals surface area contributed by atoms with Crippen molar-refractivity contribution < 1.29 is 0 Å². The van der Waals surface area contributed by atoms with Crippen molar-refractivity contribution in [2.75, 3.05) is 0 Å². The van der Waals surface area contributed by atoms with Gasteiger partial charge in [-0.05, 0) is 215 Å². The zero-order valence-corrected chi connectivity index (χ0v) is 68.3. The molecule has 0 bridgehead atoms. The highest BCUT2D eigenvalue weighted by Gasteiger charge is 2.11. The lowest BCUT2D eigenvalue weighted by Gasteiger charge is -2.09. The molecular weight excluding hydrogens is 1370 g/mol. The first kappa shape index (κ1) is 79.5. The van der Waals surface area contributed by atoms with Gasteiger partial charge in [0, 0.05) is 23.2 Å². The van der Waals surface area contributed by atoms with E-state index in [0.29, 0.717) is 35.5 Å². The smallest absolute Gasteiger partial charge is 0.0708 e. The van der Waals surface area contributed by atoms with Crippen LogP contribution in [0, 0.1) is 0 Å². The monoisotopic (exact) mass is 1480 g/mol. The minimum atomic E-state index is 0.572. The van der Waals surface area contributed by atoms with E-state index in [1.807, 2.05) is 24.5 Å². The van der Waals surface area contributed by atoms with Crippen LogP contribution in [-0.4, -0.2) is 9.97 Å². The molecule has 16 aromatic carbocycles. The van der Waals surface area contributed by atoms with Crippen LogP contribution >= 0.6 is 0 Å². The van der Waals surface area contributed by atoms with Gasteiger partial charge in [0.2, 0.25) is 0 Å². The quantitative estimate of drug-likeness (QED) is 0.122. The molecule has 2 heterocycles. The molecule has 0 unspecified atom stereocenters. The first-order valence-corrected chi connectivity index (χ1v) is 40.7. The largest absolute Gasteiger partial charge is 0.256 e. The number of nitrogens with zero attached hydrogens (tertiary/aromatic N) is 2. The molecule has 18 aromatic rings. The van der Waals surface area contributed by atoms with Crippen molar-refractivity contribution in [3.8, 4) is 66.8 Å². The van der Waals surface area contributed by atoms with Gasteiger partial charge in [-0.2, -0.15) is 0 Å². The van der Waals surface area contributed by atoms with Crippen LogP contribution in [0.25, 0.3) is 132 Å². The minimum Gasteiger partial charge on any atom is -0.256 e. The Morgan fingerprint density at radius 2 is 0.404 bits per heavy atom. The molecule has 0 aliphatic rings. The highest BCUT2D eigenvalue weighted by molar-refractivity contribution is 5.99. The number of rotatable bonds is 12. The summed E-state index contributed by atoms with van der Waals surface area (Å²) in [6, 6.07) is 135. The summed E-state index contributed by atoms with van der Waals surface area (Å²) in [5, 5.41) is 12.8. The summed E-state index contributed by atoms with van der Waals surface area (Å²) >= 11 is 0. The first-order chi connectivity index (χ1) is 55.5. The van der Waals surface area contributed by atoms with Crippen LogP contribution in [0.5, 0.6) is 0 Å². The molecule has 2 nitrogen and oxygen atoms in total. The molecule has 0 aliphatic carbocycles. The average Bonchev–Trinajstić information content (AvgIpc) is 0.832. The predicted molar refractivity (Wildman–Crippen MR) is 496 cm³/mol. The van der Waals surface area contributed by atoms with Crippen LogP contribution in [0.2, 0.25) is 0 Å². The average molecular weight is 1480 g/mol. The van der Waals surface area contributed by atoms with Crippen molar-refractivity contribution in [2.45, 2.75) is 119 Å². The van der Waals surface area contributed by atoms with Crippen LogP contribution in [0.3, 0.4) is 0 Å². The first-order valence-electron chi connectivity index (χ1n) is 40.7. The summed E-state index contributed by atoms with van der Waals surface area (Å²) in [7, 11) is 0. The number of aromatic nitrogens is 2. The Labute approximate surface area is 677 Å². The molecule has 0 atom stereocenters. The zero-order valence-electron chi connectivity index (χ0n) is 68.3. The Morgan fingerprint density at radius 3 is 0.763 bits per heavy atom. The fourth-order valence-corrected chi connectivity index (χ4v) is 14.6. The summed E-state index contributed by atoms with van der Waals surface area (Å²) in [5.74, 6) is 3.50. The minimum absolute atomic E-state index is 0.572. The summed E-state index contributed by atoms with van der Waals surface area (Å²) in [6.45, 7) is 26.7. The van der Waals surface area contributed by atoms with Crippen molar-refractivity contribution in [1.82, 2.24) is 9.97 Å². The summed E-state index contributed by atoms with van der Waals surface area (Å²) in [6.07, 6.45) is 3.68. The van der Waals surface area contributed by atoms with Crippen molar-refractivity contribution >= 4 is 64.9 Å². The topological polar surface area (TPSA) is 25.8 Å². The Hall–Kier alpha value is -12.6. The van der Waals surface area contributed by atoms with E-state index in [4.69, 9.17) is 0 Å². The fraction of sp³-hybridized carbons (Fsp3) is 0.161. The summed E-state index contributed by atoms with van der Waals surface area (Å²) in [5.41, 5.74) is 25.8. The molecule has 0 saturated carbocycles. The molecule has 0 spiro atoms. The van der Waals surface area contributed by atoms with Crippen LogP contribution in [0.4, 0.5) is 0 Å². The molecule has 0 amide bonds. The predicted octanol–water partition coefficient (Wildman–Crippen LogP) is 32.6. The lowest BCUT2D eigenvalue weighted by atomic mass is 9.95. The number of benzene rings is 16. The molecule has 114 heavy (non-hydrogen) atoms. The van der Waals surface area contributed by atoms with Gasteiger partial charge in [0.25, 0.3) is 0 Å². The second kappa shape index (κ2) is 38.1. The zero-order chi connectivity index (χ0) is 79.5. The van der Waals surface area contributed by atoms with Gasteiger partial charge < -0.3 is 0 Å². The second-order valence-electron chi connectivity index (χ2n) is 31.6. The molecule has 2 aromatic heterocycles. The number of fused-ring (bicyclic) bond motifs is 6. The number of pyridine rings is 2. The van der Waals surface area contributed by atoms with Crippen molar-refractivity contribution in [3.05, 3.63) is 422 Å². The summed E-state index contributed by atoms with van der Waals surface area (Å²) < 4.78 is 0. The molecule has 0 aliphatic heterocycles. The maximum Gasteiger partial charge on any atom is 0.0708 e. The Morgan fingerprint density at radius 1 is 0.158 bits per heavy atom. The molecule has 2 heteroatoms. The van der Waals surface area contributed by atoms with E-state index < -0.39 is 0 Å². The lowest BCUT2D eigenvalue weighted by Crippen LogP contribution is -1.87. The third kappa shape index (κ3) is 20.2. The van der Waals surface area contributed by atoms with Crippen molar-refractivity contribution in [2.24, 2.45) is 0 Å². The van der Waals surface area contributed by atoms with E-state index in [9.17, 15) is 0 Å². The van der Waals surface area contributed by atoms with Gasteiger partial charge in [-0.25, -0.2) is 0 Å². The van der Waals surface area contributed by atoms with Crippen LogP contribution in [0.15, 0.2) is 389 Å². The van der Waals surface area contributed by atoms with E-state index in [-0.39, 0.29) is 0 Å². The van der Waals surface area contributed by atoms with E-state index in [0.717, 1.165) is 11.0 Å². The van der Waals surface area contributed by atoms with Crippen molar-refractivity contribution in [3.63, 3.8) is 0 Å². The van der Waals surface area contributed by atoms with Gasteiger partial charge in [-0.1, -0.05) is 423 Å². The van der Waals surface area contributed by atoms with Gasteiger partial charge in [-0.15, -0.1) is 0 Å². The normalized spacial score (nSPS) is 11.1. The van der Waals surface area contributed by atoms with Crippen LogP contribution in [-0.2, 0) is 0 Å². The van der Waals surface area contributed by atoms with Crippen LogP contribution in [0.1, 0.15) is 152 Å². The third-order valence-electron chi connectivity index (χ3n) is 21.7. The van der Waals surface area contributed by atoms with Crippen LogP contribution < -0.4 is 0 Å². The third-order valence-corrected chi connectivity index (χ3v) is 21.7. The van der Waals surface area contributed by atoms with Gasteiger partial charge in [0.1, 0.15) is 0 Å². The van der Waals surface area contributed by atoms with E-state index in [1.165, 1.54) is 154 Å². The molecule has 0 fully saturated rings. The molecule has 18 rings (SSSR count). The fourth-order valence-electron chi connectivity index (χ4n) is 14.6. The van der Waals surface area contributed by atoms with Gasteiger partial charge >= 0.3 is 0 Å². The highest BCUT2D eigenvalue weighted by Crippen LogP contribution is 2.35. The molecule has 0 saturated heterocycles. The molecule has 0 N–H and O–H groups in total. The van der Waals surface area contributed by atoms with E-state index in [2.05, 4.69) is 457 Å².